The molecule has 0 bridgehead atoms. The summed E-state index contributed by atoms with van der Waals surface area (Å²) in [6.45, 7) is 2.30. The first-order chi connectivity index (χ1) is 7.22. The van der Waals surface area contributed by atoms with E-state index in [-0.39, 0.29) is 12.6 Å². The van der Waals surface area contributed by atoms with Crippen molar-refractivity contribution in [2.24, 2.45) is 0 Å². The molecule has 0 unspecified atom stereocenters. The molecule has 82 valence electrons. The molecule has 3 nitrogen and oxygen atoms in total. The number of ether oxygens (including phenoxy) is 2. The highest BCUT2D eigenvalue weighted by Crippen LogP contribution is 2.15. The Hall–Kier alpha value is -1.22. The number of esters is 1. The second kappa shape index (κ2) is 6.30. The Kier molecular flexibility index (Phi) is 4.98. The second-order valence-corrected chi connectivity index (χ2v) is 3.40. The van der Waals surface area contributed by atoms with Crippen LogP contribution in [-0.2, 0) is 9.53 Å². The monoisotopic (exact) mass is 228 g/mol. The summed E-state index contributed by atoms with van der Waals surface area (Å²) in [6.07, 6.45) is 0.812. The number of carbonyl (C=O) groups is 1. The average Bonchev–Trinajstić information content (AvgIpc) is 2.25. The van der Waals surface area contributed by atoms with Crippen LogP contribution in [0.4, 0.5) is 0 Å². The number of hydrogen-bond donors (Lipinski definition) is 0. The van der Waals surface area contributed by atoms with Crippen LogP contribution in [0, 0.1) is 0 Å². The standard InChI is InChI=1S/C11H13ClO3/c1-2-7-14-11(13)8-15-10-5-3-9(12)4-6-10/h3-6H,2,7-8H2,1H3. The Morgan fingerprint density at radius 2 is 2.00 bits per heavy atom. The largest absolute Gasteiger partial charge is 0.482 e. The molecule has 0 amide bonds. The van der Waals surface area contributed by atoms with Crippen molar-refractivity contribution in [3.8, 4) is 5.75 Å². The number of halogens is 1. The van der Waals surface area contributed by atoms with Crippen molar-refractivity contribution in [2.45, 2.75) is 13.3 Å². The minimum atomic E-state index is -0.355. The van der Waals surface area contributed by atoms with Gasteiger partial charge in [-0.3, -0.25) is 0 Å². The molecule has 0 spiro atoms. The molecule has 1 aromatic rings. The first-order valence-electron chi connectivity index (χ1n) is 4.76. The molecule has 0 aliphatic rings. The van der Waals surface area contributed by atoms with E-state index in [1.165, 1.54) is 0 Å². The van der Waals surface area contributed by atoms with E-state index in [9.17, 15) is 4.79 Å². The molecule has 0 fully saturated rings. The fourth-order valence-corrected chi connectivity index (χ4v) is 1.06. The normalized spacial score (nSPS) is 9.73. The van der Waals surface area contributed by atoms with Crippen LogP contribution in [0.2, 0.25) is 5.02 Å². The van der Waals surface area contributed by atoms with Gasteiger partial charge in [0.2, 0.25) is 0 Å². The van der Waals surface area contributed by atoms with Crippen LogP contribution >= 0.6 is 11.6 Å². The fraction of sp³-hybridized carbons (Fsp3) is 0.364. The summed E-state index contributed by atoms with van der Waals surface area (Å²) in [5.74, 6) is 0.250. The molecule has 0 aromatic heterocycles. The Morgan fingerprint density at radius 3 is 2.60 bits per heavy atom. The van der Waals surface area contributed by atoms with Gasteiger partial charge in [-0.15, -0.1) is 0 Å². The topological polar surface area (TPSA) is 35.5 Å². The van der Waals surface area contributed by atoms with E-state index in [4.69, 9.17) is 21.1 Å². The van der Waals surface area contributed by atoms with Crippen molar-refractivity contribution in [3.63, 3.8) is 0 Å². The lowest BCUT2D eigenvalue weighted by atomic mass is 10.3. The first kappa shape index (κ1) is 11.9. The quantitative estimate of drug-likeness (QED) is 0.727. The maximum Gasteiger partial charge on any atom is 0.344 e. The van der Waals surface area contributed by atoms with Gasteiger partial charge in [0.05, 0.1) is 6.61 Å². The molecule has 1 aromatic carbocycles. The van der Waals surface area contributed by atoms with Crippen LogP contribution in [0.3, 0.4) is 0 Å². The van der Waals surface area contributed by atoms with Gasteiger partial charge in [-0.25, -0.2) is 4.79 Å². The van der Waals surface area contributed by atoms with Crippen molar-refractivity contribution in [3.05, 3.63) is 29.3 Å². The zero-order chi connectivity index (χ0) is 11.1. The highest BCUT2D eigenvalue weighted by atomic mass is 35.5. The first-order valence-corrected chi connectivity index (χ1v) is 5.14. The van der Waals surface area contributed by atoms with Crippen LogP contribution in [0.25, 0.3) is 0 Å². The Morgan fingerprint density at radius 1 is 1.33 bits per heavy atom. The van der Waals surface area contributed by atoms with Crippen LogP contribution < -0.4 is 4.74 Å². The van der Waals surface area contributed by atoms with E-state index < -0.39 is 0 Å². The third-order valence-electron chi connectivity index (χ3n) is 1.64. The van der Waals surface area contributed by atoms with Crippen LogP contribution in [-0.4, -0.2) is 19.2 Å². The van der Waals surface area contributed by atoms with Crippen molar-refractivity contribution in [1.82, 2.24) is 0 Å². The lowest BCUT2D eigenvalue weighted by molar-refractivity contribution is -0.146. The smallest absolute Gasteiger partial charge is 0.344 e. The van der Waals surface area contributed by atoms with Crippen molar-refractivity contribution in [1.29, 1.82) is 0 Å². The summed E-state index contributed by atoms with van der Waals surface area (Å²) in [5.41, 5.74) is 0. The van der Waals surface area contributed by atoms with E-state index >= 15 is 0 Å². The summed E-state index contributed by atoms with van der Waals surface area (Å²) in [6, 6.07) is 6.81. The number of carbonyl (C=O) groups excluding carboxylic acids is 1. The van der Waals surface area contributed by atoms with Crippen molar-refractivity contribution < 1.29 is 14.3 Å². The minimum Gasteiger partial charge on any atom is -0.482 e. The van der Waals surface area contributed by atoms with E-state index in [0.717, 1.165) is 6.42 Å². The van der Waals surface area contributed by atoms with E-state index in [0.29, 0.717) is 17.4 Å². The molecule has 0 aliphatic carbocycles. The Labute approximate surface area is 93.9 Å². The summed E-state index contributed by atoms with van der Waals surface area (Å²) in [7, 11) is 0. The third kappa shape index (κ3) is 4.70. The summed E-state index contributed by atoms with van der Waals surface area (Å²) in [5, 5.41) is 0.635. The fourth-order valence-electron chi connectivity index (χ4n) is 0.931. The number of benzene rings is 1. The lowest BCUT2D eigenvalue weighted by Crippen LogP contribution is -2.15. The van der Waals surface area contributed by atoms with Gasteiger partial charge >= 0.3 is 5.97 Å². The predicted octanol–water partition coefficient (Wildman–Crippen LogP) is 2.67. The summed E-state index contributed by atoms with van der Waals surface area (Å²) >= 11 is 5.70. The van der Waals surface area contributed by atoms with Crippen molar-refractivity contribution in [2.75, 3.05) is 13.2 Å². The van der Waals surface area contributed by atoms with Gasteiger partial charge in [-0.1, -0.05) is 18.5 Å². The second-order valence-electron chi connectivity index (χ2n) is 2.96. The van der Waals surface area contributed by atoms with Gasteiger partial charge < -0.3 is 9.47 Å². The van der Waals surface area contributed by atoms with Crippen LogP contribution in [0.1, 0.15) is 13.3 Å². The molecular weight excluding hydrogens is 216 g/mol. The highest BCUT2D eigenvalue weighted by molar-refractivity contribution is 6.30. The molecule has 4 heteroatoms. The predicted molar refractivity (Wildman–Crippen MR) is 58.2 cm³/mol. The molecule has 0 radical (unpaired) electrons. The van der Waals surface area contributed by atoms with Gasteiger partial charge in [-0.05, 0) is 30.7 Å². The molecule has 0 saturated heterocycles. The van der Waals surface area contributed by atoms with E-state index in [1.807, 2.05) is 6.92 Å². The number of rotatable bonds is 5. The van der Waals surface area contributed by atoms with Gasteiger partial charge in [0.15, 0.2) is 6.61 Å². The van der Waals surface area contributed by atoms with E-state index in [1.54, 1.807) is 24.3 Å². The van der Waals surface area contributed by atoms with Gasteiger partial charge in [0.25, 0.3) is 0 Å². The maximum absolute atomic E-state index is 11.1. The highest BCUT2D eigenvalue weighted by Gasteiger charge is 2.02. The van der Waals surface area contributed by atoms with Crippen LogP contribution in [0.5, 0.6) is 5.75 Å². The lowest BCUT2D eigenvalue weighted by Gasteiger charge is -2.05. The zero-order valence-electron chi connectivity index (χ0n) is 8.53. The number of hydrogen-bond acceptors (Lipinski definition) is 3. The summed E-state index contributed by atoms with van der Waals surface area (Å²) in [4.78, 5) is 11.1. The van der Waals surface area contributed by atoms with E-state index in [2.05, 4.69) is 0 Å². The van der Waals surface area contributed by atoms with Crippen LogP contribution in [0.15, 0.2) is 24.3 Å². The summed E-state index contributed by atoms with van der Waals surface area (Å²) < 4.78 is 10.0. The molecule has 0 heterocycles. The van der Waals surface area contributed by atoms with Gasteiger partial charge in [0.1, 0.15) is 5.75 Å². The molecular formula is C11H13ClO3. The minimum absolute atomic E-state index is 0.0678. The molecule has 0 N–H and O–H groups in total. The zero-order valence-corrected chi connectivity index (χ0v) is 9.29. The maximum atomic E-state index is 11.1. The van der Waals surface area contributed by atoms with Gasteiger partial charge in [-0.2, -0.15) is 0 Å². The van der Waals surface area contributed by atoms with Crippen molar-refractivity contribution >= 4 is 17.6 Å². The van der Waals surface area contributed by atoms with Gasteiger partial charge in [0, 0.05) is 5.02 Å². The average molecular weight is 229 g/mol. The molecule has 0 atom stereocenters. The molecule has 0 aliphatic heterocycles. The SMILES string of the molecule is CCCOC(=O)COc1ccc(Cl)cc1. The Bertz CT molecular complexity index is 308. The molecule has 1 rings (SSSR count). The molecule has 0 saturated carbocycles. The molecule has 15 heavy (non-hydrogen) atoms. The Balaban J connectivity index is 2.30. The third-order valence-corrected chi connectivity index (χ3v) is 1.89.